The number of hydrogen-bond donors (Lipinski definition) is 2. The number of benzene rings is 1. The quantitative estimate of drug-likeness (QED) is 0.801. The Bertz CT molecular complexity index is 428. The second-order valence-corrected chi connectivity index (χ2v) is 6.14. The van der Waals surface area contributed by atoms with E-state index in [2.05, 4.69) is 4.72 Å². The lowest BCUT2D eigenvalue weighted by Crippen LogP contribution is -2.33. The molecule has 0 aliphatic heterocycles. The van der Waals surface area contributed by atoms with Crippen molar-refractivity contribution < 1.29 is 13.5 Å². The predicted molar refractivity (Wildman–Crippen MR) is 68.3 cm³/mol. The zero-order valence-electron chi connectivity index (χ0n) is 10.1. The van der Waals surface area contributed by atoms with Gasteiger partial charge in [-0.25, -0.2) is 13.1 Å². The maximum absolute atomic E-state index is 11.7. The molecule has 0 fully saturated rings. The van der Waals surface area contributed by atoms with Gasteiger partial charge in [-0.15, -0.1) is 0 Å². The lowest BCUT2D eigenvalue weighted by Gasteiger charge is -2.13. The molecule has 0 heterocycles. The zero-order valence-corrected chi connectivity index (χ0v) is 10.9. The highest BCUT2D eigenvalue weighted by Gasteiger charge is 2.17. The monoisotopic (exact) mass is 257 g/mol. The number of aliphatic hydroxyl groups excluding tert-OH is 1. The molecule has 0 aliphatic rings. The van der Waals surface area contributed by atoms with Crippen LogP contribution in [0.3, 0.4) is 0 Å². The van der Waals surface area contributed by atoms with Gasteiger partial charge in [-0.2, -0.15) is 0 Å². The third-order valence-corrected chi connectivity index (χ3v) is 3.98. The lowest BCUT2D eigenvalue weighted by atomic mass is 10.0. The first-order valence-corrected chi connectivity index (χ1v) is 7.26. The fourth-order valence-corrected chi connectivity index (χ4v) is 2.98. The Balaban J connectivity index is 2.59. The molecule has 96 valence electrons. The van der Waals surface area contributed by atoms with Crippen LogP contribution in [0, 0.1) is 0 Å². The molecular weight excluding hydrogens is 238 g/mol. The molecule has 2 N–H and O–H groups in total. The van der Waals surface area contributed by atoms with Gasteiger partial charge in [0.05, 0.1) is 11.9 Å². The van der Waals surface area contributed by atoms with Crippen molar-refractivity contribution in [1.82, 2.24) is 4.72 Å². The van der Waals surface area contributed by atoms with E-state index in [1.54, 1.807) is 6.92 Å². The van der Waals surface area contributed by atoms with E-state index in [0.717, 1.165) is 5.56 Å². The first-order valence-electron chi connectivity index (χ1n) is 5.61. The van der Waals surface area contributed by atoms with Crippen LogP contribution in [0.15, 0.2) is 30.3 Å². The van der Waals surface area contributed by atoms with Gasteiger partial charge in [0.1, 0.15) is 0 Å². The molecule has 2 atom stereocenters. The number of aliphatic hydroxyl groups is 1. The maximum atomic E-state index is 11.7. The van der Waals surface area contributed by atoms with Crippen LogP contribution in [-0.4, -0.2) is 31.9 Å². The summed E-state index contributed by atoms with van der Waals surface area (Å²) in [5.41, 5.74) is 0.995. The van der Waals surface area contributed by atoms with Crippen molar-refractivity contribution in [2.75, 3.05) is 12.3 Å². The van der Waals surface area contributed by atoms with Crippen molar-refractivity contribution >= 4 is 10.0 Å². The average molecular weight is 257 g/mol. The van der Waals surface area contributed by atoms with Crippen molar-refractivity contribution in [2.24, 2.45) is 0 Å². The van der Waals surface area contributed by atoms with E-state index in [-0.39, 0.29) is 18.2 Å². The molecule has 4 nitrogen and oxygen atoms in total. The van der Waals surface area contributed by atoms with Crippen molar-refractivity contribution in [2.45, 2.75) is 25.9 Å². The number of rotatable bonds is 6. The molecule has 0 spiro atoms. The van der Waals surface area contributed by atoms with E-state index < -0.39 is 16.1 Å². The summed E-state index contributed by atoms with van der Waals surface area (Å²) in [6.45, 7) is 3.48. The number of nitrogens with one attached hydrogen (secondary N) is 1. The Labute approximate surface area is 103 Å². The van der Waals surface area contributed by atoms with E-state index in [4.69, 9.17) is 5.11 Å². The third-order valence-electron chi connectivity index (χ3n) is 2.44. The molecule has 0 aromatic heterocycles. The van der Waals surface area contributed by atoms with Crippen molar-refractivity contribution in [3.63, 3.8) is 0 Å². The second kappa shape index (κ2) is 6.14. The van der Waals surface area contributed by atoms with E-state index in [0.29, 0.717) is 0 Å². The summed E-state index contributed by atoms with van der Waals surface area (Å²) in [5.74, 6) is -0.0355. The fraction of sp³-hybridized carbons (Fsp3) is 0.500. The Morgan fingerprint density at radius 3 is 2.35 bits per heavy atom. The molecule has 0 amide bonds. The molecule has 0 saturated carbocycles. The first-order chi connectivity index (χ1) is 7.91. The molecule has 0 aliphatic carbocycles. The second-order valence-electron chi connectivity index (χ2n) is 4.29. The molecule has 1 unspecified atom stereocenters. The normalized spacial score (nSPS) is 15.5. The third kappa shape index (κ3) is 5.30. The minimum absolute atomic E-state index is 0.0315. The fourth-order valence-electron chi connectivity index (χ4n) is 1.51. The van der Waals surface area contributed by atoms with Gasteiger partial charge >= 0.3 is 0 Å². The summed E-state index contributed by atoms with van der Waals surface area (Å²) in [4.78, 5) is 0. The van der Waals surface area contributed by atoms with Gasteiger partial charge in [0.25, 0.3) is 0 Å². The molecule has 1 aromatic rings. The standard InChI is InChI=1S/C12H19NO3S/c1-10(12-6-4-3-5-7-12)9-17(15,16)13-8-11(2)14/h3-7,10-11,13-14H,8-9H2,1-2H3/t10?,11-/m0/s1. The topological polar surface area (TPSA) is 66.4 Å². The molecule has 1 rings (SSSR count). The van der Waals surface area contributed by atoms with Crippen LogP contribution in [0.25, 0.3) is 0 Å². The van der Waals surface area contributed by atoms with Gasteiger partial charge < -0.3 is 5.11 Å². The lowest BCUT2D eigenvalue weighted by molar-refractivity contribution is 0.198. The summed E-state index contributed by atoms with van der Waals surface area (Å²) in [7, 11) is -3.33. The molecule has 0 radical (unpaired) electrons. The number of hydrogen-bond acceptors (Lipinski definition) is 3. The van der Waals surface area contributed by atoms with Crippen LogP contribution in [0.4, 0.5) is 0 Å². The Kier molecular flexibility index (Phi) is 5.11. The molecule has 17 heavy (non-hydrogen) atoms. The van der Waals surface area contributed by atoms with E-state index in [1.165, 1.54) is 0 Å². The maximum Gasteiger partial charge on any atom is 0.212 e. The van der Waals surface area contributed by atoms with Crippen LogP contribution >= 0.6 is 0 Å². The zero-order chi connectivity index (χ0) is 12.9. The highest BCUT2D eigenvalue weighted by Crippen LogP contribution is 2.16. The highest BCUT2D eigenvalue weighted by atomic mass is 32.2. The summed E-state index contributed by atoms with van der Waals surface area (Å²) >= 11 is 0. The molecule has 0 bridgehead atoms. The molecule has 5 heteroatoms. The molecule has 1 aromatic carbocycles. The smallest absolute Gasteiger partial charge is 0.212 e. The van der Waals surface area contributed by atoms with Crippen LogP contribution in [-0.2, 0) is 10.0 Å². The van der Waals surface area contributed by atoms with Gasteiger partial charge in [-0.1, -0.05) is 37.3 Å². The summed E-state index contributed by atoms with van der Waals surface area (Å²) in [6, 6.07) is 9.50. The Morgan fingerprint density at radius 1 is 1.24 bits per heavy atom. The van der Waals surface area contributed by atoms with Crippen molar-refractivity contribution in [3.05, 3.63) is 35.9 Å². The van der Waals surface area contributed by atoms with Gasteiger partial charge in [0.15, 0.2) is 0 Å². The first kappa shape index (κ1) is 14.2. The minimum Gasteiger partial charge on any atom is -0.392 e. The van der Waals surface area contributed by atoms with Crippen LogP contribution in [0.5, 0.6) is 0 Å². The largest absolute Gasteiger partial charge is 0.392 e. The SMILES string of the molecule is CC(CS(=O)(=O)NC[C@H](C)O)c1ccccc1. The highest BCUT2D eigenvalue weighted by molar-refractivity contribution is 7.89. The number of sulfonamides is 1. The Morgan fingerprint density at radius 2 is 1.82 bits per heavy atom. The van der Waals surface area contributed by atoms with Crippen LogP contribution in [0.2, 0.25) is 0 Å². The molecular formula is C12H19NO3S. The minimum atomic E-state index is -3.33. The van der Waals surface area contributed by atoms with Crippen molar-refractivity contribution in [3.8, 4) is 0 Å². The van der Waals surface area contributed by atoms with E-state index >= 15 is 0 Å². The van der Waals surface area contributed by atoms with Crippen LogP contribution in [0.1, 0.15) is 25.3 Å². The van der Waals surface area contributed by atoms with Gasteiger partial charge in [-0.05, 0) is 18.4 Å². The average Bonchev–Trinajstić information content (AvgIpc) is 2.27. The van der Waals surface area contributed by atoms with E-state index in [1.807, 2.05) is 37.3 Å². The molecule has 0 saturated heterocycles. The van der Waals surface area contributed by atoms with Gasteiger partial charge in [0.2, 0.25) is 10.0 Å². The summed E-state index contributed by atoms with van der Waals surface area (Å²) in [6.07, 6.45) is -0.670. The summed E-state index contributed by atoms with van der Waals surface area (Å²) in [5, 5.41) is 9.04. The van der Waals surface area contributed by atoms with Crippen molar-refractivity contribution in [1.29, 1.82) is 0 Å². The summed E-state index contributed by atoms with van der Waals surface area (Å²) < 4.78 is 25.8. The van der Waals surface area contributed by atoms with Gasteiger partial charge in [-0.3, -0.25) is 0 Å². The predicted octanol–water partition coefficient (Wildman–Crippen LogP) is 1.09. The van der Waals surface area contributed by atoms with E-state index in [9.17, 15) is 8.42 Å². The van der Waals surface area contributed by atoms with Crippen LogP contribution < -0.4 is 4.72 Å². The van der Waals surface area contributed by atoms with Gasteiger partial charge in [0, 0.05) is 6.54 Å². The Hall–Kier alpha value is -0.910.